The van der Waals surface area contributed by atoms with Gasteiger partial charge in [-0.3, -0.25) is 0 Å². The SMILES string of the molecule is C[C@@H]1CN(S(=O)(=O)c2cccc3ccccc23)C[C@H](C)N1.C[C@@H]1CNC[C@H](C)N1.O=S(=O)(Cl)c1cccc2ccccc12. The van der Waals surface area contributed by atoms with Crippen LogP contribution < -0.4 is 16.0 Å². The van der Waals surface area contributed by atoms with Crippen LogP contribution in [0.25, 0.3) is 21.5 Å². The van der Waals surface area contributed by atoms with Gasteiger partial charge in [0.2, 0.25) is 10.0 Å². The molecule has 43 heavy (non-hydrogen) atoms. The molecule has 0 radical (unpaired) electrons. The van der Waals surface area contributed by atoms with E-state index in [9.17, 15) is 16.8 Å². The number of hydrogen-bond donors (Lipinski definition) is 3. The zero-order chi connectivity index (χ0) is 31.2. The first-order chi connectivity index (χ1) is 20.4. The van der Waals surface area contributed by atoms with Gasteiger partial charge in [-0.2, -0.15) is 4.31 Å². The molecule has 0 unspecified atom stereocenters. The molecule has 4 aromatic carbocycles. The molecule has 8 nitrogen and oxygen atoms in total. The number of benzene rings is 4. The highest BCUT2D eigenvalue weighted by Gasteiger charge is 2.32. The maximum absolute atomic E-state index is 13.0. The quantitative estimate of drug-likeness (QED) is 0.271. The second kappa shape index (κ2) is 14.5. The zero-order valence-electron chi connectivity index (χ0n) is 25.0. The van der Waals surface area contributed by atoms with Gasteiger partial charge in [-0.1, -0.05) is 72.8 Å². The average Bonchev–Trinajstić information content (AvgIpc) is 2.96. The van der Waals surface area contributed by atoms with Crippen LogP contribution in [0.5, 0.6) is 0 Å². The summed E-state index contributed by atoms with van der Waals surface area (Å²) in [6, 6.07) is 27.0. The average molecular weight is 645 g/mol. The number of nitrogens with one attached hydrogen (secondary N) is 3. The van der Waals surface area contributed by atoms with Crippen molar-refractivity contribution in [2.75, 3.05) is 26.2 Å². The molecule has 4 atom stereocenters. The number of sulfonamides is 1. The van der Waals surface area contributed by atoms with Crippen LogP contribution in [0.1, 0.15) is 27.7 Å². The van der Waals surface area contributed by atoms with Crippen LogP contribution in [0.3, 0.4) is 0 Å². The topological polar surface area (TPSA) is 108 Å². The fourth-order valence-corrected chi connectivity index (χ4v) is 8.49. The maximum Gasteiger partial charge on any atom is 0.261 e. The highest BCUT2D eigenvalue weighted by atomic mass is 35.7. The Bertz CT molecular complexity index is 1720. The molecule has 0 saturated carbocycles. The summed E-state index contributed by atoms with van der Waals surface area (Å²) in [4.78, 5) is 0.569. The lowest BCUT2D eigenvalue weighted by Crippen LogP contribution is -2.55. The first-order valence-corrected chi connectivity index (χ1v) is 18.2. The lowest BCUT2D eigenvalue weighted by atomic mass is 10.1. The van der Waals surface area contributed by atoms with Gasteiger partial charge in [0, 0.05) is 71.8 Å². The van der Waals surface area contributed by atoms with Gasteiger partial charge in [0.25, 0.3) is 9.05 Å². The molecule has 0 bridgehead atoms. The van der Waals surface area contributed by atoms with E-state index in [1.54, 1.807) is 28.6 Å². The summed E-state index contributed by atoms with van der Waals surface area (Å²) < 4.78 is 50.0. The number of hydrogen-bond acceptors (Lipinski definition) is 7. The highest BCUT2D eigenvalue weighted by molar-refractivity contribution is 8.14. The summed E-state index contributed by atoms with van der Waals surface area (Å²) in [6.45, 7) is 11.7. The van der Waals surface area contributed by atoms with Crippen molar-refractivity contribution in [3.63, 3.8) is 0 Å². The predicted octanol–water partition coefficient (Wildman–Crippen LogP) is 4.93. The molecule has 0 spiro atoms. The van der Waals surface area contributed by atoms with Gasteiger partial charge < -0.3 is 16.0 Å². The van der Waals surface area contributed by atoms with Crippen LogP contribution in [-0.2, 0) is 19.1 Å². The smallest absolute Gasteiger partial charge is 0.261 e. The van der Waals surface area contributed by atoms with Crippen LogP contribution >= 0.6 is 10.7 Å². The van der Waals surface area contributed by atoms with E-state index >= 15 is 0 Å². The molecule has 0 amide bonds. The summed E-state index contributed by atoms with van der Waals surface area (Å²) in [6.07, 6.45) is 0. The number of fused-ring (bicyclic) bond motifs is 2. The Kier molecular flexibility index (Phi) is 11.2. The lowest BCUT2D eigenvalue weighted by molar-refractivity contribution is 0.263. The normalized spacial score (nSPS) is 23.1. The van der Waals surface area contributed by atoms with E-state index in [1.165, 1.54) is 6.07 Å². The fourth-order valence-electron chi connectivity index (χ4n) is 5.56. The standard InChI is InChI=1S/C16H20N2O2S.C10H7ClO2S.C6H14N2/c1-12-10-18(11-13(2)17-12)21(19,20)16-9-5-7-14-6-3-4-8-15(14)16;11-14(12,13)10-7-3-5-8-4-1-2-6-9(8)10;1-5-3-7-4-6(2)8-5/h3-9,12-13,17H,10-11H2,1-2H3;1-7H;5-8H,3-4H2,1-2H3/t12-,13+;;5-,6+. The van der Waals surface area contributed by atoms with Gasteiger partial charge in [0.1, 0.15) is 0 Å². The minimum Gasteiger partial charge on any atom is -0.314 e. The van der Waals surface area contributed by atoms with Crippen molar-refractivity contribution in [2.24, 2.45) is 0 Å². The Morgan fingerprint density at radius 2 is 1.02 bits per heavy atom. The van der Waals surface area contributed by atoms with Gasteiger partial charge in [-0.05, 0) is 50.6 Å². The molecule has 6 rings (SSSR count). The molecule has 2 aliphatic heterocycles. The van der Waals surface area contributed by atoms with Gasteiger partial charge in [0.05, 0.1) is 9.79 Å². The molecule has 4 aromatic rings. The van der Waals surface area contributed by atoms with Crippen molar-refractivity contribution in [3.8, 4) is 0 Å². The summed E-state index contributed by atoms with van der Waals surface area (Å²) in [5.74, 6) is 0. The van der Waals surface area contributed by atoms with Crippen LogP contribution in [-0.4, -0.2) is 71.5 Å². The van der Waals surface area contributed by atoms with Crippen molar-refractivity contribution in [1.82, 2.24) is 20.3 Å². The molecular formula is C32H41ClN4O4S2. The maximum atomic E-state index is 13.0. The minimum atomic E-state index is -3.66. The van der Waals surface area contributed by atoms with Crippen molar-refractivity contribution < 1.29 is 16.8 Å². The number of rotatable bonds is 3. The van der Waals surface area contributed by atoms with Crippen LogP contribution in [0.4, 0.5) is 0 Å². The van der Waals surface area contributed by atoms with Crippen molar-refractivity contribution >= 4 is 51.3 Å². The third-order valence-corrected chi connectivity index (χ3v) is 10.6. The molecule has 2 fully saturated rings. The third-order valence-electron chi connectivity index (χ3n) is 7.37. The molecular weight excluding hydrogens is 604 g/mol. The molecule has 3 N–H and O–H groups in total. The summed E-state index contributed by atoms with van der Waals surface area (Å²) in [5.41, 5.74) is 0. The van der Waals surface area contributed by atoms with Crippen molar-refractivity contribution in [1.29, 1.82) is 0 Å². The summed E-state index contributed by atoms with van der Waals surface area (Å²) in [5, 5.41) is 13.4. The first-order valence-electron chi connectivity index (χ1n) is 14.5. The Labute approximate surface area is 260 Å². The molecule has 232 valence electrons. The lowest BCUT2D eigenvalue weighted by Gasteiger charge is -2.35. The number of nitrogens with zero attached hydrogens (tertiary/aromatic N) is 1. The van der Waals surface area contributed by atoms with Crippen molar-refractivity contribution in [3.05, 3.63) is 84.9 Å². The van der Waals surface area contributed by atoms with E-state index in [0.29, 0.717) is 35.5 Å². The van der Waals surface area contributed by atoms with Gasteiger partial charge in [0.15, 0.2) is 0 Å². The Balaban J connectivity index is 0.000000165. The van der Waals surface area contributed by atoms with Crippen molar-refractivity contribution in [2.45, 2.75) is 61.7 Å². The largest absolute Gasteiger partial charge is 0.314 e. The van der Waals surface area contributed by atoms with Crippen LogP contribution in [0.15, 0.2) is 94.7 Å². The molecule has 0 aromatic heterocycles. The van der Waals surface area contributed by atoms with Gasteiger partial charge >= 0.3 is 0 Å². The molecule has 0 aliphatic carbocycles. The summed E-state index contributed by atoms with van der Waals surface area (Å²) in [7, 11) is -1.81. The molecule has 2 heterocycles. The number of halogens is 1. The van der Waals surface area contributed by atoms with E-state index in [-0.39, 0.29) is 17.0 Å². The Morgan fingerprint density at radius 1 is 0.605 bits per heavy atom. The molecule has 2 saturated heterocycles. The third kappa shape index (κ3) is 8.76. The fraction of sp³-hybridized carbons (Fsp3) is 0.375. The van der Waals surface area contributed by atoms with Crippen LogP contribution in [0, 0.1) is 0 Å². The minimum absolute atomic E-state index is 0.164. The van der Waals surface area contributed by atoms with E-state index in [1.807, 2.05) is 68.4 Å². The van der Waals surface area contributed by atoms with Gasteiger partial charge in [-0.25, -0.2) is 16.8 Å². The predicted molar refractivity (Wildman–Crippen MR) is 177 cm³/mol. The Morgan fingerprint density at radius 3 is 1.49 bits per heavy atom. The zero-order valence-corrected chi connectivity index (χ0v) is 27.4. The monoisotopic (exact) mass is 644 g/mol. The second-order valence-electron chi connectivity index (χ2n) is 11.3. The Hall–Kier alpha value is -2.57. The van der Waals surface area contributed by atoms with E-state index in [2.05, 4.69) is 29.8 Å². The van der Waals surface area contributed by atoms with Gasteiger partial charge in [-0.15, -0.1) is 0 Å². The van der Waals surface area contributed by atoms with Crippen LogP contribution in [0.2, 0.25) is 0 Å². The molecule has 11 heteroatoms. The summed E-state index contributed by atoms with van der Waals surface area (Å²) >= 11 is 0. The highest BCUT2D eigenvalue weighted by Crippen LogP contribution is 2.27. The van der Waals surface area contributed by atoms with E-state index < -0.39 is 19.1 Å². The van der Waals surface area contributed by atoms with E-state index in [0.717, 1.165) is 29.2 Å². The second-order valence-corrected chi connectivity index (χ2v) is 15.8. The van der Waals surface area contributed by atoms with E-state index in [4.69, 9.17) is 10.7 Å². The number of piperazine rings is 2. The molecule has 2 aliphatic rings. The first kappa shape index (κ1) is 33.3.